The van der Waals surface area contributed by atoms with Crippen LogP contribution in [0.25, 0.3) is 22.9 Å². The van der Waals surface area contributed by atoms with Crippen molar-refractivity contribution in [1.29, 1.82) is 0 Å². The number of carbonyl (C=O) groups excluding carboxylic acids is 2. The Morgan fingerprint density at radius 3 is 2.51 bits per heavy atom. The Bertz CT molecular complexity index is 2390. The zero-order chi connectivity index (χ0) is 34.8. The number of hydrazine groups is 1. The van der Waals surface area contributed by atoms with Crippen LogP contribution in [0.1, 0.15) is 50.0 Å². The van der Waals surface area contributed by atoms with E-state index in [2.05, 4.69) is 24.2 Å². The summed E-state index contributed by atoms with van der Waals surface area (Å²) in [5.41, 5.74) is 7.77. The molecule has 11 heteroatoms. The van der Waals surface area contributed by atoms with Crippen molar-refractivity contribution in [1.82, 2.24) is 24.1 Å². The molecule has 51 heavy (non-hydrogen) atoms. The average Bonchev–Trinajstić information content (AvgIpc) is 3.88. The fourth-order valence-electron chi connectivity index (χ4n) is 7.35. The van der Waals surface area contributed by atoms with Crippen molar-refractivity contribution in [2.45, 2.75) is 39.5 Å². The molecule has 0 radical (unpaired) electrons. The average molecular weight is 679 g/mol. The molecule has 6 heterocycles. The van der Waals surface area contributed by atoms with Gasteiger partial charge in [-0.3, -0.25) is 14.6 Å². The second-order valence-corrected chi connectivity index (χ2v) is 13.1. The number of fused-ring (bicyclic) bond motifs is 4. The van der Waals surface area contributed by atoms with Crippen LogP contribution in [-0.4, -0.2) is 53.8 Å². The first kappa shape index (κ1) is 30.6. The molecular weight excluding hydrogens is 644 g/mol. The first-order valence-corrected chi connectivity index (χ1v) is 16.9. The molecule has 0 bridgehead atoms. The first-order chi connectivity index (χ1) is 24.8. The van der Waals surface area contributed by atoms with Crippen LogP contribution >= 0.6 is 0 Å². The maximum atomic E-state index is 14.9. The number of benzene rings is 3. The lowest BCUT2D eigenvalue weighted by Gasteiger charge is -2.35. The molecular formula is C40H34N6O5. The van der Waals surface area contributed by atoms with Gasteiger partial charge in [0.2, 0.25) is 6.79 Å². The summed E-state index contributed by atoms with van der Waals surface area (Å²) in [6.07, 6.45) is 8.24. The molecule has 3 aliphatic heterocycles. The maximum absolute atomic E-state index is 14.9. The predicted octanol–water partition coefficient (Wildman–Crippen LogP) is 6.64. The number of rotatable bonds is 5. The van der Waals surface area contributed by atoms with Crippen LogP contribution in [0.15, 0.2) is 104 Å². The minimum Gasteiger partial charge on any atom is -0.508 e. The summed E-state index contributed by atoms with van der Waals surface area (Å²) in [5, 5.41) is 18.0. The lowest BCUT2D eigenvalue weighted by Crippen LogP contribution is -2.46. The lowest BCUT2D eigenvalue weighted by atomic mass is 9.93. The Morgan fingerprint density at radius 2 is 1.69 bits per heavy atom. The molecule has 0 unspecified atom stereocenters. The van der Waals surface area contributed by atoms with Crippen LogP contribution in [0.3, 0.4) is 0 Å². The number of hydrogen-bond donors (Lipinski definition) is 1. The topological polar surface area (TPSA) is 105 Å². The van der Waals surface area contributed by atoms with Crippen LogP contribution in [0.5, 0.6) is 17.2 Å². The molecule has 3 aromatic heterocycles. The first-order valence-electron chi connectivity index (χ1n) is 16.9. The number of ether oxygens (including phenoxy) is 2. The Kier molecular flexibility index (Phi) is 7.09. The molecule has 2 amide bonds. The van der Waals surface area contributed by atoms with E-state index >= 15 is 0 Å². The summed E-state index contributed by atoms with van der Waals surface area (Å²) in [7, 11) is 0. The summed E-state index contributed by atoms with van der Waals surface area (Å²) in [5.74, 6) is 0.703. The van der Waals surface area contributed by atoms with Gasteiger partial charge in [0.15, 0.2) is 11.5 Å². The molecule has 11 nitrogen and oxygen atoms in total. The van der Waals surface area contributed by atoms with Gasteiger partial charge in [-0.25, -0.2) is 9.69 Å². The number of pyridine rings is 1. The van der Waals surface area contributed by atoms with E-state index in [1.165, 1.54) is 5.56 Å². The van der Waals surface area contributed by atoms with Crippen molar-refractivity contribution in [3.63, 3.8) is 0 Å². The van der Waals surface area contributed by atoms with Gasteiger partial charge in [0.25, 0.3) is 11.8 Å². The van der Waals surface area contributed by atoms with Crippen molar-refractivity contribution in [3.05, 3.63) is 137 Å². The van der Waals surface area contributed by atoms with Gasteiger partial charge in [-0.1, -0.05) is 30.3 Å². The van der Waals surface area contributed by atoms with Gasteiger partial charge in [0.05, 0.1) is 39.9 Å². The summed E-state index contributed by atoms with van der Waals surface area (Å²) in [4.78, 5) is 31.5. The molecule has 0 aliphatic carbocycles. The number of carbonyl (C=O) groups is 2. The number of aromatic hydroxyl groups is 1. The Balaban J connectivity index is 1.17. The highest BCUT2D eigenvalue weighted by molar-refractivity contribution is 6.12. The van der Waals surface area contributed by atoms with E-state index < -0.39 is 0 Å². The number of nitrogens with zero attached hydrogens (tertiary/aromatic N) is 6. The summed E-state index contributed by atoms with van der Waals surface area (Å²) in [6, 6.07) is 25.9. The quantitative estimate of drug-likeness (QED) is 0.218. The van der Waals surface area contributed by atoms with E-state index in [0.29, 0.717) is 58.3 Å². The highest BCUT2D eigenvalue weighted by atomic mass is 16.7. The van der Waals surface area contributed by atoms with Gasteiger partial charge in [-0.15, -0.1) is 0 Å². The molecule has 0 saturated carbocycles. The van der Waals surface area contributed by atoms with E-state index in [9.17, 15) is 14.7 Å². The van der Waals surface area contributed by atoms with E-state index in [1.807, 2.05) is 81.8 Å². The summed E-state index contributed by atoms with van der Waals surface area (Å²) in [6.45, 7) is 4.91. The Morgan fingerprint density at radius 1 is 0.922 bits per heavy atom. The normalized spacial score (nSPS) is 15.9. The van der Waals surface area contributed by atoms with E-state index in [0.717, 1.165) is 23.2 Å². The van der Waals surface area contributed by atoms with Gasteiger partial charge in [0.1, 0.15) is 12.4 Å². The number of phenolic OH excluding ortho intramolecular Hbond substituents is 1. The van der Waals surface area contributed by atoms with Crippen molar-refractivity contribution >= 4 is 29.1 Å². The van der Waals surface area contributed by atoms with Crippen LogP contribution in [-0.2, 0) is 19.6 Å². The summed E-state index contributed by atoms with van der Waals surface area (Å²) < 4.78 is 15.4. The van der Waals surface area contributed by atoms with E-state index in [-0.39, 0.29) is 30.4 Å². The van der Waals surface area contributed by atoms with Crippen LogP contribution in [0.2, 0.25) is 0 Å². The molecule has 1 N–H and O–H groups in total. The number of amides is 2. The molecule has 0 saturated heterocycles. The molecule has 1 atom stereocenters. The van der Waals surface area contributed by atoms with Crippen molar-refractivity contribution in [2.75, 3.05) is 11.8 Å². The van der Waals surface area contributed by atoms with Crippen LogP contribution in [0, 0.1) is 6.92 Å². The SMILES string of the molecule is Cc1cnn2c1C=CN(N(C(=O)c1cc(-c3cc4c(cc3C(=O)N3Cc5ccccc5C[C@H]3C)OCO4)n3ccccc13)c1ccc(O)cc1)C2. The number of aromatic nitrogens is 3. The van der Waals surface area contributed by atoms with E-state index in [4.69, 9.17) is 9.47 Å². The third-order valence-corrected chi connectivity index (χ3v) is 9.99. The molecule has 254 valence electrons. The highest BCUT2D eigenvalue weighted by Gasteiger charge is 2.33. The highest BCUT2D eigenvalue weighted by Crippen LogP contribution is 2.41. The second-order valence-electron chi connectivity index (χ2n) is 13.1. The molecule has 3 aromatic carbocycles. The van der Waals surface area contributed by atoms with Gasteiger partial charge in [0, 0.05) is 30.5 Å². The fraction of sp³-hybridized carbons (Fsp3) is 0.175. The van der Waals surface area contributed by atoms with Gasteiger partial charge < -0.3 is 23.9 Å². The molecule has 0 spiro atoms. The fourth-order valence-corrected chi connectivity index (χ4v) is 7.35. The monoisotopic (exact) mass is 678 g/mol. The van der Waals surface area contributed by atoms with Gasteiger partial charge >= 0.3 is 0 Å². The zero-order valence-electron chi connectivity index (χ0n) is 28.1. The maximum Gasteiger partial charge on any atom is 0.279 e. The summed E-state index contributed by atoms with van der Waals surface area (Å²) >= 11 is 0. The van der Waals surface area contributed by atoms with Crippen molar-refractivity contribution < 1.29 is 24.2 Å². The molecule has 3 aliphatic rings. The standard InChI is InChI=1S/C40H34N6O5/c1-25-21-41-45-23-42(16-14-34(25)45)46(29-10-12-30(47)13-11-29)40(49)33-18-36(43-15-6-5-9-35(33)43)31-19-37-38(51-24-50-37)20-32(31)39(48)44-22-28-8-4-3-7-27(28)17-26(44)2/h3-16,18-21,26,47H,17,22-24H2,1-2H3/t26-/m1/s1. The number of aryl methyl sites for hydroxylation is 1. The second kappa shape index (κ2) is 11.8. The van der Waals surface area contributed by atoms with Crippen molar-refractivity contribution in [2.24, 2.45) is 0 Å². The smallest absolute Gasteiger partial charge is 0.279 e. The molecule has 6 aromatic rings. The minimum atomic E-state index is -0.303. The van der Waals surface area contributed by atoms with Gasteiger partial charge in [-0.05, 0) is 97.6 Å². The van der Waals surface area contributed by atoms with Gasteiger partial charge in [-0.2, -0.15) is 5.10 Å². The molecule has 0 fully saturated rings. The predicted molar refractivity (Wildman–Crippen MR) is 191 cm³/mol. The number of anilines is 1. The largest absolute Gasteiger partial charge is 0.508 e. The number of hydrogen-bond acceptors (Lipinski definition) is 7. The lowest BCUT2D eigenvalue weighted by molar-refractivity contribution is 0.0658. The van der Waals surface area contributed by atoms with E-state index in [1.54, 1.807) is 46.5 Å². The zero-order valence-corrected chi connectivity index (χ0v) is 28.1. The van der Waals surface area contributed by atoms with Crippen molar-refractivity contribution in [3.8, 4) is 28.5 Å². The third kappa shape index (κ3) is 5.08. The van der Waals surface area contributed by atoms with Crippen LogP contribution in [0.4, 0.5) is 5.69 Å². The minimum absolute atomic E-state index is 0.0255. The van der Waals surface area contributed by atoms with Crippen LogP contribution < -0.4 is 14.5 Å². The third-order valence-electron chi connectivity index (χ3n) is 9.99. The Labute approximate surface area is 293 Å². The molecule has 9 rings (SSSR count). The number of phenols is 1. The Hall–Kier alpha value is -6.49.